The van der Waals surface area contributed by atoms with Crippen LogP contribution >= 0.6 is 0 Å². The molecule has 0 bridgehead atoms. The van der Waals surface area contributed by atoms with Gasteiger partial charge < -0.3 is 19.4 Å². The van der Waals surface area contributed by atoms with E-state index in [-0.39, 0.29) is 18.2 Å². The lowest BCUT2D eigenvalue weighted by molar-refractivity contribution is -0.116. The zero-order valence-electron chi connectivity index (χ0n) is 16.3. The number of carbonyl (C=O) groups excluding carboxylic acids is 1. The van der Waals surface area contributed by atoms with Gasteiger partial charge in [-0.3, -0.25) is 4.79 Å². The summed E-state index contributed by atoms with van der Waals surface area (Å²) in [5, 5.41) is 2.82. The molecular formula is C20H21N3O5S. The topological polar surface area (TPSA) is 99.5 Å². The summed E-state index contributed by atoms with van der Waals surface area (Å²) in [6.07, 6.45) is 1.14. The maximum atomic E-state index is 12.7. The Hall–Kier alpha value is -3.07. The smallest absolute Gasteiger partial charge is 0.246 e. The Kier molecular flexibility index (Phi) is 4.49. The number of amides is 1. The fourth-order valence-electron chi connectivity index (χ4n) is 3.29. The molecule has 3 aromatic rings. The van der Waals surface area contributed by atoms with Gasteiger partial charge in [0, 0.05) is 31.9 Å². The van der Waals surface area contributed by atoms with Crippen LogP contribution in [0.25, 0.3) is 11.0 Å². The van der Waals surface area contributed by atoms with Crippen molar-refractivity contribution >= 4 is 32.5 Å². The van der Waals surface area contributed by atoms with Crippen molar-refractivity contribution in [3.05, 3.63) is 48.3 Å². The van der Waals surface area contributed by atoms with E-state index in [4.69, 9.17) is 9.47 Å². The summed E-state index contributed by atoms with van der Waals surface area (Å²) in [5.41, 5.74) is 1.90. The number of hydrogen-bond acceptors (Lipinski definition) is 6. The van der Waals surface area contributed by atoms with E-state index in [0.29, 0.717) is 34.0 Å². The molecule has 9 heteroatoms. The van der Waals surface area contributed by atoms with Crippen LogP contribution in [0.15, 0.2) is 42.5 Å². The van der Waals surface area contributed by atoms with Crippen molar-refractivity contribution in [1.29, 1.82) is 0 Å². The number of rotatable bonds is 5. The van der Waals surface area contributed by atoms with Crippen molar-refractivity contribution in [2.45, 2.75) is 31.9 Å². The monoisotopic (exact) mass is 415 g/mol. The summed E-state index contributed by atoms with van der Waals surface area (Å²) in [7, 11) is -3.31. The number of carbonyl (C=O) groups is 1. The van der Waals surface area contributed by atoms with Crippen LogP contribution in [0.1, 0.15) is 19.7 Å². The van der Waals surface area contributed by atoms with Crippen molar-refractivity contribution < 1.29 is 22.7 Å². The van der Waals surface area contributed by atoms with Gasteiger partial charge >= 0.3 is 0 Å². The molecule has 1 aromatic heterocycles. The second-order valence-electron chi connectivity index (χ2n) is 7.49. The normalized spacial score (nSPS) is 14.9. The largest absolute Gasteiger partial charge is 0.449 e. The van der Waals surface area contributed by atoms with E-state index in [0.717, 1.165) is 6.26 Å². The number of nitrogens with zero attached hydrogens (tertiary/aromatic N) is 2. The molecule has 0 spiro atoms. The van der Waals surface area contributed by atoms with Crippen LogP contribution in [-0.2, 0) is 26.9 Å². The summed E-state index contributed by atoms with van der Waals surface area (Å²) >= 11 is 0. The molecule has 0 saturated carbocycles. The number of anilines is 1. The fourth-order valence-corrected chi connectivity index (χ4v) is 3.98. The van der Waals surface area contributed by atoms with Crippen LogP contribution in [0.5, 0.6) is 11.5 Å². The lowest BCUT2D eigenvalue weighted by Crippen LogP contribution is -2.29. The Bertz CT molecular complexity index is 1210. The predicted molar refractivity (Wildman–Crippen MR) is 109 cm³/mol. The average Bonchev–Trinajstić information content (AvgIpc) is 3.08. The number of imidazole rings is 1. The molecule has 4 rings (SSSR count). The second kappa shape index (κ2) is 6.77. The number of benzene rings is 2. The van der Waals surface area contributed by atoms with E-state index >= 15 is 0 Å². The number of aromatic nitrogens is 2. The van der Waals surface area contributed by atoms with Crippen LogP contribution in [0.3, 0.4) is 0 Å². The lowest BCUT2D eigenvalue weighted by atomic mass is 10.2. The Balaban J connectivity index is 1.58. The van der Waals surface area contributed by atoms with Crippen molar-refractivity contribution in [2.24, 2.45) is 0 Å². The minimum Gasteiger partial charge on any atom is -0.449 e. The molecule has 0 unspecified atom stereocenters. The molecule has 0 atom stereocenters. The first kappa shape index (κ1) is 19.3. The van der Waals surface area contributed by atoms with Crippen LogP contribution in [-0.4, -0.2) is 35.9 Å². The summed E-state index contributed by atoms with van der Waals surface area (Å²) in [5.74, 6) is 0.204. The zero-order chi connectivity index (χ0) is 20.8. The minimum absolute atomic E-state index is 0.0642. The molecule has 1 aliphatic rings. The Morgan fingerprint density at radius 3 is 2.62 bits per heavy atom. The van der Waals surface area contributed by atoms with E-state index in [2.05, 4.69) is 10.3 Å². The van der Waals surface area contributed by atoms with Crippen LogP contribution in [0, 0.1) is 0 Å². The molecule has 29 heavy (non-hydrogen) atoms. The summed E-state index contributed by atoms with van der Waals surface area (Å²) in [6.45, 7) is 3.54. The Morgan fingerprint density at radius 2 is 1.86 bits per heavy atom. The first-order valence-electron chi connectivity index (χ1n) is 9.03. The van der Waals surface area contributed by atoms with Gasteiger partial charge in [-0.15, -0.1) is 0 Å². The number of sulfone groups is 1. The van der Waals surface area contributed by atoms with Gasteiger partial charge in [-0.25, -0.2) is 13.4 Å². The lowest BCUT2D eigenvalue weighted by Gasteiger charge is -2.16. The van der Waals surface area contributed by atoms with Gasteiger partial charge in [-0.1, -0.05) is 12.1 Å². The standard InChI is InChI=1S/C20H21N3O5S/c1-20(2)27-16-9-8-13(10-17(16)28-20)21-19(24)11-23-15-7-5-4-6-14(15)22-18(23)12-29(3,25)26/h4-10H,11-12H2,1-3H3,(H,21,24). The maximum Gasteiger partial charge on any atom is 0.246 e. The molecule has 1 aliphatic heterocycles. The number of fused-ring (bicyclic) bond motifs is 2. The molecule has 1 N–H and O–H groups in total. The van der Waals surface area contributed by atoms with E-state index in [1.54, 1.807) is 42.7 Å². The molecule has 0 fully saturated rings. The highest BCUT2D eigenvalue weighted by Gasteiger charge is 2.31. The molecule has 0 saturated heterocycles. The van der Waals surface area contributed by atoms with Crippen molar-refractivity contribution in [3.8, 4) is 11.5 Å². The highest BCUT2D eigenvalue weighted by atomic mass is 32.2. The molecule has 8 nitrogen and oxygen atoms in total. The van der Waals surface area contributed by atoms with Gasteiger partial charge in [-0.05, 0) is 24.3 Å². The highest BCUT2D eigenvalue weighted by Crippen LogP contribution is 2.40. The molecule has 0 radical (unpaired) electrons. The maximum absolute atomic E-state index is 12.7. The number of para-hydroxylation sites is 2. The first-order valence-corrected chi connectivity index (χ1v) is 11.1. The number of ether oxygens (including phenoxy) is 2. The van der Waals surface area contributed by atoms with Crippen molar-refractivity contribution in [1.82, 2.24) is 9.55 Å². The fraction of sp³-hybridized carbons (Fsp3) is 0.300. The minimum atomic E-state index is -3.31. The van der Waals surface area contributed by atoms with Gasteiger partial charge in [0.15, 0.2) is 21.3 Å². The van der Waals surface area contributed by atoms with E-state index in [9.17, 15) is 13.2 Å². The Morgan fingerprint density at radius 1 is 1.14 bits per heavy atom. The summed E-state index contributed by atoms with van der Waals surface area (Å²) in [6, 6.07) is 12.4. The van der Waals surface area contributed by atoms with Crippen LogP contribution in [0.2, 0.25) is 0 Å². The van der Waals surface area contributed by atoms with Gasteiger partial charge in [0.25, 0.3) is 0 Å². The van der Waals surface area contributed by atoms with Gasteiger partial charge in [0.2, 0.25) is 11.7 Å². The van der Waals surface area contributed by atoms with E-state index in [1.807, 2.05) is 18.2 Å². The van der Waals surface area contributed by atoms with Gasteiger partial charge in [0.05, 0.1) is 11.0 Å². The van der Waals surface area contributed by atoms with Crippen LogP contribution in [0.4, 0.5) is 5.69 Å². The Labute approximate surface area is 168 Å². The van der Waals surface area contributed by atoms with Gasteiger partial charge in [-0.2, -0.15) is 0 Å². The molecule has 152 valence electrons. The van der Waals surface area contributed by atoms with E-state index in [1.165, 1.54) is 0 Å². The quantitative estimate of drug-likeness (QED) is 0.688. The SMILES string of the molecule is CC1(C)Oc2ccc(NC(=O)Cn3c(CS(C)(=O)=O)nc4ccccc43)cc2O1. The summed E-state index contributed by atoms with van der Waals surface area (Å²) < 4.78 is 36.5. The van der Waals surface area contributed by atoms with Gasteiger partial charge in [0.1, 0.15) is 18.1 Å². The van der Waals surface area contributed by atoms with Crippen molar-refractivity contribution in [2.75, 3.05) is 11.6 Å². The molecule has 2 heterocycles. The third-order valence-electron chi connectivity index (χ3n) is 4.37. The molecular weight excluding hydrogens is 394 g/mol. The highest BCUT2D eigenvalue weighted by molar-refractivity contribution is 7.89. The first-order chi connectivity index (χ1) is 13.6. The zero-order valence-corrected chi connectivity index (χ0v) is 17.1. The average molecular weight is 415 g/mol. The molecule has 2 aromatic carbocycles. The number of hydrogen-bond donors (Lipinski definition) is 1. The van der Waals surface area contributed by atoms with Crippen molar-refractivity contribution in [3.63, 3.8) is 0 Å². The molecule has 0 aliphatic carbocycles. The second-order valence-corrected chi connectivity index (χ2v) is 9.63. The van der Waals surface area contributed by atoms with E-state index < -0.39 is 15.6 Å². The third-order valence-corrected chi connectivity index (χ3v) is 5.15. The third kappa shape index (κ3) is 4.19. The predicted octanol–water partition coefficient (Wildman–Crippen LogP) is 2.73. The number of nitrogens with one attached hydrogen (secondary N) is 1. The molecule has 1 amide bonds. The van der Waals surface area contributed by atoms with Crippen LogP contribution < -0.4 is 14.8 Å². The summed E-state index contributed by atoms with van der Waals surface area (Å²) in [4.78, 5) is 17.1.